The van der Waals surface area contributed by atoms with Gasteiger partial charge in [0.25, 0.3) is 5.91 Å². The Labute approximate surface area is 198 Å². The first-order chi connectivity index (χ1) is 16.0. The fraction of sp³-hybridized carbons (Fsp3) is 0.231. The molecule has 4 rings (SSSR count). The molecule has 6 nitrogen and oxygen atoms in total. The van der Waals surface area contributed by atoms with Crippen molar-refractivity contribution in [2.24, 2.45) is 0 Å². The van der Waals surface area contributed by atoms with Gasteiger partial charge in [0, 0.05) is 35.1 Å². The predicted octanol–water partition coefficient (Wildman–Crippen LogP) is 6.54. The van der Waals surface area contributed by atoms with E-state index >= 15 is 0 Å². The molecule has 0 aromatic heterocycles. The van der Waals surface area contributed by atoms with Gasteiger partial charge in [0.05, 0.1) is 11.4 Å². The van der Waals surface area contributed by atoms with Crippen LogP contribution in [-0.4, -0.2) is 25.0 Å². The van der Waals surface area contributed by atoms with E-state index in [2.05, 4.69) is 20.9 Å². The first-order valence-electron chi connectivity index (χ1n) is 11.1. The Kier molecular flexibility index (Phi) is 7.15. The summed E-state index contributed by atoms with van der Waals surface area (Å²) >= 11 is 6.19. The lowest BCUT2D eigenvalue weighted by Gasteiger charge is -2.31. The quantitative estimate of drug-likeness (QED) is 0.403. The third-order valence-electron chi connectivity index (χ3n) is 5.75. The molecule has 33 heavy (non-hydrogen) atoms. The summed E-state index contributed by atoms with van der Waals surface area (Å²) in [7, 11) is 0. The summed E-state index contributed by atoms with van der Waals surface area (Å²) in [6.07, 6.45) is 3.43. The number of urea groups is 1. The van der Waals surface area contributed by atoms with E-state index in [1.54, 1.807) is 30.3 Å². The molecular weight excluding hydrogens is 436 g/mol. The van der Waals surface area contributed by atoms with E-state index < -0.39 is 0 Å². The average Bonchev–Trinajstić information content (AvgIpc) is 2.83. The first-order valence-corrected chi connectivity index (χ1v) is 11.5. The van der Waals surface area contributed by atoms with Gasteiger partial charge in [-0.25, -0.2) is 4.79 Å². The van der Waals surface area contributed by atoms with Crippen LogP contribution >= 0.6 is 11.6 Å². The lowest BCUT2D eigenvalue weighted by molar-refractivity contribution is 0.102. The van der Waals surface area contributed by atoms with Crippen LogP contribution in [0.3, 0.4) is 0 Å². The molecule has 0 saturated carbocycles. The van der Waals surface area contributed by atoms with Gasteiger partial charge >= 0.3 is 6.03 Å². The number of nitrogens with zero attached hydrogens (tertiary/aromatic N) is 1. The number of hydrogen-bond acceptors (Lipinski definition) is 3. The molecule has 3 N–H and O–H groups in total. The predicted molar refractivity (Wildman–Crippen MR) is 136 cm³/mol. The summed E-state index contributed by atoms with van der Waals surface area (Å²) in [5.74, 6) is -0.203. The molecule has 0 aliphatic carbocycles. The highest BCUT2D eigenvalue weighted by atomic mass is 35.5. The van der Waals surface area contributed by atoms with Crippen LogP contribution < -0.4 is 20.9 Å². The van der Waals surface area contributed by atoms with Gasteiger partial charge < -0.3 is 20.9 Å². The summed E-state index contributed by atoms with van der Waals surface area (Å²) in [5.41, 5.74) is 4.20. The maximum atomic E-state index is 12.9. The highest BCUT2D eigenvalue weighted by molar-refractivity contribution is 6.31. The molecule has 1 saturated heterocycles. The fourth-order valence-corrected chi connectivity index (χ4v) is 4.11. The second kappa shape index (κ2) is 10.4. The van der Waals surface area contributed by atoms with Gasteiger partial charge in [-0.15, -0.1) is 0 Å². The zero-order valence-electron chi connectivity index (χ0n) is 18.5. The average molecular weight is 463 g/mol. The Hall–Kier alpha value is -3.51. The van der Waals surface area contributed by atoms with E-state index in [4.69, 9.17) is 11.6 Å². The van der Waals surface area contributed by atoms with Gasteiger partial charge in [0.2, 0.25) is 0 Å². The zero-order valence-corrected chi connectivity index (χ0v) is 19.3. The third-order valence-corrected chi connectivity index (χ3v) is 6.16. The number of hydrogen-bond donors (Lipinski definition) is 3. The Bertz CT molecular complexity index is 1140. The lowest BCUT2D eigenvalue weighted by atomic mass is 10.1. The number of rotatable bonds is 5. The molecule has 1 fully saturated rings. The SMILES string of the molecule is Cc1c(Cl)cccc1NC(=O)Nc1cc(NC(=O)c2ccccc2)ccc1N1CCCCC1. The van der Waals surface area contributed by atoms with Crippen LogP contribution in [0.25, 0.3) is 0 Å². The van der Waals surface area contributed by atoms with Crippen molar-refractivity contribution >= 4 is 46.3 Å². The molecule has 3 aromatic carbocycles. The van der Waals surface area contributed by atoms with E-state index in [9.17, 15) is 9.59 Å². The normalized spacial score (nSPS) is 13.3. The van der Waals surface area contributed by atoms with Crippen molar-refractivity contribution in [2.75, 3.05) is 33.9 Å². The molecule has 0 radical (unpaired) electrons. The second-order valence-electron chi connectivity index (χ2n) is 8.09. The number of benzene rings is 3. The Balaban J connectivity index is 1.57. The molecule has 0 spiro atoms. The Morgan fingerprint density at radius 1 is 0.818 bits per heavy atom. The number of nitrogens with one attached hydrogen (secondary N) is 3. The molecule has 1 aliphatic rings. The highest BCUT2D eigenvalue weighted by Crippen LogP contribution is 2.32. The molecule has 0 atom stereocenters. The molecule has 0 unspecified atom stereocenters. The number of amides is 3. The fourth-order valence-electron chi connectivity index (χ4n) is 3.94. The van der Waals surface area contributed by atoms with Crippen LogP contribution in [0.4, 0.5) is 27.5 Å². The summed E-state index contributed by atoms with van der Waals surface area (Å²) in [6.45, 7) is 3.72. The maximum Gasteiger partial charge on any atom is 0.323 e. The van der Waals surface area contributed by atoms with Crippen LogP contribution in [0, 0.1) is 6.92 Å². The minimum Gasteiger partial charge on any atom is -0.370 e. The summed E-state index contributed by atoms with van der Waals surface area (Å²) < 4.78 is 0. The van der Waals surface area contributed by atoms with Gasteiger partial charge in [0.1, 0.15) is 0 Å². The number of piperidine rings is 1. The van der Waals surface area contributed by atoms with Crippen molar-refractivity contribution in [3.63, 3.8) is 0 Å². The molecule has 3 aromatic rings. The van der Waals surface area contributed by atoms with Crippen molar-refractivity contribution in [3.05, 3.63) is 82.9 Å². The van der Waals surface area contributed by atoms with E-state index in [-0.39, 0.29) is 11.9 Å². The molecule has 3 amide bonds. The minimum absolute atomic E-state index is 0.203. The number of anilines is 4. The third kappa shape index (κ3) is 5.65. The van der Waals surface area contributed by atoms with Crippen molar-refractivity contribution in [3.8, 4) is 0 Å². The second-order valence-corrected chi connectivity index (χ2v) is 8.50. The van der Waals surface area contributed by atoms with Gasteiger partial charge in [-0.1, -0.05) is 35.9 Å². The van der Waals surface area contributed by atoms with Crippen molar-refractivity contribution < 1.29 is 9.59 Å². The standard InChI is InChI=1S/C26H27ClN4O2/c1-18-21(27)11-8-12-22(18)29-26(33)30-23-17-20(28-25(32)19-9-4-2-5-10-19)13-14-24(23)31-15-6-3-7-16-31/h2,4-5,8-14,17H,3,6-7,15-16H2,1H3,(H,28,32)(H2,29,30,33). The molecule has 0 bridgehead atoms. The zero-order chi connectivity index (χ0) is 23.2. The van der Waals surface area contributed by atoms with E-state index in [1.165, 1.54) is 6.42 Å². The topological polar surface area (TPSA) is 73.5 Å². The highest BCUT2D eigenvalue weighted by Gasteiger charge is 2.18. The molecule has 1 aliphatic heterocycles. The van der Waals surface area contributed by atoms with E-state index in [0.29, 0.717) is 27.6 Å². The largest absolute Gasteiger partial charge is 0.370 e. The summed E-state index contributed by atoms with van der Waals surface area (Å²) in [4.78, 5) is 27.7. The van der Waals surface area contributed by atoms with Gasteiger partial charge in [-0.05, 0) is 74.2 Å². The van der Waals surface area contributed by atoms with E-state index in [0.717, 1.165) is 37.2 Å². The molecule has 1 heterocycles. The molecular formula is C26H27ClN4O2. The monoisotopic (exact) mass is 462 g/mol. The van der Waals surface area contributed by atoms with Crippen molar-refractivity contribution in [2.45, 2.75) is 26.2 Å². The minimum atomic E-state index is -0.370. The Morgan fingerprint density at radius 2 is 1.55 bits per heavy atom. The molecule has 170 valence electrons. The van der Waals surface area contributed by atoms with Crippen LogP contribution in [0.2, 0.25) is 5.02 Å². The first kappa shape index (κ1) is 22.7. The van der Waals surface area contributed by atoms with Crippen LogP contribution in [0.5, 0.6) is 0 Å². The smallest absolute Gasteiger partial charge is 0.323 e. The lowest BCUT2D eigenvalue weighted by Crippen LogP contribution is -2.31. The maximum absolute atomic E-state index is 12.9. The number of carbonyl (C=O) groups is 2. The number of carbonyl (C=O) groups excluding carboxylic acids is 2. The molecule has 7 heteroatoms. The van der Waals surface area contributed by atoms with Crippen LogP contribution in [0.1, 0.15) is 35.2 Å². The Morgan fingerprint density at radius 3 is 2.30 bits per heavy atom. The van der Waals surface area contributed by atoms with Crippen LogP contribution in [-0.2, 0) is 0 Å². The van der Waals surface area contributed by atoms with Crippen molar-refractivity contribution in [1.29, 1.82) is 0 Å². The summed E-state index contributed by atoms with van der Waals surface area (Å²) in [5, 5.41) is 9.36. The summed E-state index contributed by atoms with van der Waals surface area (Å²) in [6, 6.07) is 19.7. The van der Waals surface area contributed by atoms with Crippen LogP contribution in [0.15, 0.2) is 66.7 Å². The van der Waals surface area contributed by atoms with Gasteiger partial charge in [-0.3, -0.25) is 4.79 Å². The number of halogens is 1. The van der Waals surface area contributed by atoms with Gasteiger partial charge in [-0.2, -0.15) is 0 Å². The van der Waals surface area contributed by atoms with Gasteiger partial charge in [0.15, 0.2) is 0 Å². The van der Waals surface area contributed by atoms with E-state index in [1.807, 2.05) is 43.3 Å². The van der Waals surface area contributed by atoms with Crippen molar-refractivity contribution in [1.82, 2.24) is 0 Å².